The van der Waals surface area contributed by atoms with Gasteiger partial charge in [-0.15, -0.1) is 11.8 Å². The molecular weight excluding hydrogens is 858 g/mol. The van der Waals surface area contributed by atoms with Crippen molar-refractivity contribution in [2.45, 2.75) is 60.6 Å². The lowest BCUT2D eigenvalue weighted by molar-refractivity contribution is 0.0357. The molecule has 0 bridgehead atoms. The zero-order valence-corrected chi connectivity index (χ0v) is 39.4. The fraction of sp³-hybridized carbons (Fsp3) is 0.449. The molecule has 0 aromatic heterocycles. The number of benzene rings is 4. The van der Waals surface area contributed by atoms with Crippen LogP contribution in [0, 0.1) is 11.3 Å². The number of hydrogen-bond donors (Lipinski definition) is 0. The Bertz CT molecular complexity index is 2410. The molecule has 0 N–H and O–H groups in total. The van der Waals surface area contributed by atoms with Crippen LogP contribution in [0.5, 0.6) is 0 Å². The molecule has 0 unspecified atom stereocenters. The standard InChI is InChI=1S/C49H60ClN3O6S3/c1-49(2)21-19-46(38-9-14-42(50)15-10-38)41(33-49)34-52-23-25-53(26-24-52)43-16-11-39(12-17-43)47(54)36-62(57,58)45-18-13-40(48(32-45)61(3,55)56)31-37(20-22-51-27-29-59-30-28-51)35-60-44-7-5-4-6-8-44/h4-18,32,37H,19-31,33-36H2,1-3H3/t37-/m0/s1. The number of halogens is 1. The Kier molecular flexibility index (Phi) is 15.4. The van der Waals surface area contributed by atoms with Crippen LogP contribution >= 0.6 is 23.4 Å². The number of carbonyl (C=O) groups is 1. The summed E-state index contributed by atoms with van der Waals surface area (Å²) in [5.74, 6) is -0.369. The predicted octanol–water partition coefficient (Wildman–Crippen LogP) is 8.86. The SMILES string of the molecule is CC1(C)CCC(c2ccc(Cl)cc2)=C(CN2CCN(c3ccc(C(=O)CS(=O)(=O)c4ccc(C[C@H](CCN5CCOCC5)CSc5ccccc5)c(S(C)(=O)=O)c4)cc3)CC2)C1. The second-order valence-corrected chi connectivity index (χ2v) is 23.4. The first kappa shape index (κ1) is 46.5. The fourth-order valence-electron chi connectivity index (χ4n) is 8.91. The van der Waals surface area contributed by atoms with E-state index in [9.17, 15) is 21.6 Å². The normalized spacial score (nSPS) is 18.5. The number of rotatable bonds is 17. The Morgan fingerprint density at radius 3 is 2.21 bits per heavy atom. The lowest BCUT2D eigenvalue weighted by Gasteiger charge is -2.39. The van der Waals surface area contributed by atoms with Crippen LogP contribution in [0.1, 0.15) is 61.0 Å². The van der Waals surface area contributed by atoms with Gasteiger partial charge in [0.25, 0.3) is 0 Å². The summed E-state index contributed by atoms with van der Waals surface area (Å²) in [5.41, 5.74) is 6.38. The summed E-state index contributed by atoms with van der Waals surface area (Å²) in [4.78, 5) is 21.7. The predicted molar refractivity (Wildman–Crippen MR) is 253 cm³/mol. The molecule has 2 aliphatic heterocycles. The molecule has 2 saturated heterocycles. The van der Waals surface area contributed by atoms with Gasteiger partial charge in [0.05, 0.1) is 23.0 Å². The molecule has 332 valence electrons. The van der Waals surface area contributed by atoms with Gasteiger partial charge < -0.3 is 9.64 Å². The van der Waals surface area contributed by atoms with Crippen LogP contribution in [0.4, 0.5) is 5.69 Å². The molecule has 13 heteroatoms. The third kappa shape index (κ3) is 12.6. The molecule has 62 heavy (non-hydrogen) atoms. The summed E-state index contributed by atoms with van der Waals surface area (Å²) in [7, 11) is -7.94. The molecule has 2 fully saturated rings. The first-order chi connectivity index (χ1) is 29.6. The number of carbonyl (C=O) groups excluding carboxylic acids is 1. The van der Waals surface area contributed by atoms with Gasteiger partial charge >= 0.3 is 0 Å². The Morgan fingerprint density at radius 2 is 1.53 bits per heavy atom. The summed E-state index contributed by atoms with van der Waals surface area (Å²) >= 11 is 7.95. The highest BCUT2D eigenvalue weighted by Gasteiger charge is 2.30. The minimum absolute atomic E-state index is 0.00198. The number of sulfone groups is 2. The number of ether oxygens (including phenoxy) is 1. The largest absolute Gasteiger partial charge is 0.379 e. The van der Waals surface area contributed by atoms with Gasteiger partial charge in [0, 0.05) is 79.0 Å². The highest BCUT2D eigenvalue weighted by atomic mass is 35.5. The van der Waals surface area contributed by atoms with Gasteiger partial charge in [0.1, 0.15) is 5.75 Å². The Balaban J connectivity index is 0.978. The number of morpholine rings is 1. The number of ketones is 1. The van der Waals surface area contributed by atoms with E-state index in [0.29, 0.717) is 30.8 Å². The molecule has 0 radical (unpaired) electrons. The molecule has 2 heterocycles. The molecular formula is C49H60ClN3O6S3. The van der Waals surface area contributed by atoms with Gasteiger partial charge in [-0.05, 0) is 127 Å². The van der Waals surface area contributed by atoms with Crippen molar-refractivity contribution in [1.82, 2.24) is 9.80 Å². The first-order valence-corrected chi connectivity index (χ1v) is 26.6. The Labute approximate surface area is 378 Å². The van der Waals surface area contributed by atoms with E-state index in [0.717, 1.165) is 106 Å². The van der Waals surface area contributed by atoms with Gasteiger partial charge in [-0.25, -0.2) is 16.8 Å². The smallest absolute Gasteiger partial charge is 0.185 e. The second-order valence-electron chi connectivity index (χ2n) is 17.9. The number of hydrogen-bond acceptors (Lipinski definition) is 10. The van der Waals surface area contributed by atoms with Crippen LogP contribution in [0.25, 0.3) is 5.57 Å². The van der Waals surface area contributed by atoms with Gasteiger partial charge in [-0.2, -0.15) is 0 Å². The minimum Gasteiger partial charge on any atom is -0.379 e. The van der Waals surface area contributed by atoms with E-state index < -0.39 is 31.2 Å². The van der Waals surface area contributed by atoms with Crippen molar-refractivity contribution >= 4 is 60.1 Å². The van der Waals surface area contributed by atoms with E-state index in [1.807, 2.05) is 42.5 Å². The van der Waals surface area contributed by atoms with Crippen LogP contribution in [-0.4, -0.2) is 116 Å². The highest BCUT2D eigenvalue weighted by molar-refractivity contribution is 7.99. The molecule has 4 aromatic carbocycles. The number of allylic oxidation sites excluding steroid dienone is 1. The van der Waals surface area contributed by atoms with Crippen LogP contribution in [0.3, 0.4) is 0 Å². The van der Waals surface area contributed by atoms with Crippen molar-refractivity contribution in [2.24, 2.45) is 11.3 Å². The Hall–Kier alpha value is -3.49. The minimum atomic E-state index is -4.15. The van der Waals surface area contributed by atoms with Crippen molar-refractivity contribution < 1.29 is 26.4 Å². The van der Waals surface area contributed by atoms with Gasteiger partial charge in [-0.3, -0.25) is 14.6 Å². The number of piperazine rings is 1. The van der Waals surface area contributed by atoms with Crippen LogP contribution in [0.15, 0.2) is 117 Å². The Morgan fingerprint density at radius 1 is 0.839 bits per heavy atom. The lowest BCUT2D eigenvalue weighted by atomic mass is 9.73. The molecule has 3 aliphatic rings. The molecule has 1 aliphatic carbocycles. The summed E-state index contributed by atoms with van der Waals surface area (Å²) in [6.45, 7) is 13.2. The average molecular weight is 919 g/mol. The van der Waals surface area contributed by atoms with E-state index in [2.05, 4.69) is 52.8 Å². The molecule has 0 saturated carbocycles. The highest BCUT2D eigenvalue weighted by Crippen LogP contribution is 2.43. The van der Waals surface area contributed by atoms with Crippen molar-refractivity contribution in [1.29, 1.82) is 0 Å². The lowest BCUT2D eigenvalue weighted by Crippen LogP contribution is -2.47. The summed E-state index contributed by atoms with van der Waals surface area (Å²) in [6, 6.07) is 29.9. The number of thioether (sulfide) groups is 1. The van der Waals surface area contributed by atoms with E-state index in [1.165, 1.54) is 28.8 Å². The van der Waals surface area contributed by atoms with Crippen molar-refractivity contribution in [3.05, 3.63) is 124 Å². The molecule has 9 nitrogen and oxygen atoms in total. The summed E-state index contributed by atoms with van der Waals surface area (Å²) < 4.78 is 59.4. The number of nitrogens with zero attached hydrogens (tertiary/aromatic N) is 3. The molecule has 4 aromatic rings. The van der Waals surface area contributed by atoms with Crippen molar-refractivity contribution in [3.8, 4) is 0 Å². The van der Waals surface area contributed by atoms with E-state index >= 15 is 0 Å². The van der Waals surface area contributed by atoms with E-state index in [-0.39, 0.29) is 21.1 Å². The van der Waals surface area contributed by atoms with Gasteiger partial charge in [-0.1, -0.05) is 67.4 Å². The molecule has 1 atom stereocenters. The maximum atomic E-state index is 13.7. The first-order valence-electron chi connectivity index (χ1n) is 21.7. The van der Waals surface area contributed by atoms with E-state index in [1.54, 1.807) is 30.0 Å². The van der Waals surface area contributed by atoms with Crippen molar-refractivity contribution in [3.63, 3.8) is 0 Å². The molecule has 7 rings (SSSR count). The zero-order valence-electron chi connectivity index (χ0n) is 36.2. The maximum absolute atomic E-state index is 13.7. The van der Waals surface area contributed by atoms with Crippen LogP contribution < -0.4 is 4.90 Å². The maximum Gasteiger partial charge on any atom is 0.185 e. The summed E-state index contributed by atoms with van der Waals surface area (Å²) in [6.07, 6.45) is 5.76. The third-order valence-corrected chi connectivity index (χ3v) is 16.8. The van der Waals surface area contributed by atoms with Crippen LogP contribution in [-0.2, 0) is 30.8 Å². The van der Waals surface area contributed by atoms with Crippen LogP contribution in [0.2, 0.25) is 5.02 Å². The fourth-order valence-corrected chi connectivity index (χ4v) is 12.4. The topological polar surface area (TPSA) is 104 Å². The average Bonchev–Trinajstić information content (AvgIpc) is 3.25. The summed E-state index contributed by atoms with van der Waals surface area (Å²) in [5, 5.41) is 0.751. The van der Waals surface area contributed by atoms with Gasteiger partial charge in [0.15, 0.2) is 25.5 Å². The third-order valence-electron chi connectivity index (χ3n) is 12.5. The number of anilines is 1. The van der Waals surface area contributed by atoms with E-state index in [4.69, 9.17) is 16.3 Å². The molecule has 0 amide bonds. The second kappa shape index (κ2) is 20.6. The molecule has 0 spiro atoms. The number of Topliss-reactive ketones (excluding diaryl/α,β-unsaturated/α-hetero) is 1. The monoisotopic (exact) mass is 917 g/mol. The van der Waals surface area contributed by atoms with Gasteiger partial charge in [0.2, 0.25) is 0 Å². The quantitative estimate of drug-likeness (QED) is 0.0754. The zero-order chi connectivity index (χ0) is 43.9. The van der Waals surface area contributed by atoms with Crippen molar-refractivity contribution in [2.75, 3.05) is 88.2 Å².